The molecule has 0 amide bonds. The summed E-state index contributed by atoms with van der Waals surface area (Å²) in [5, 5.41) is 12.7. The number of fused-ring (bicyclic) bond motifs is 18. The molecular weight excluding hydrogens is 1440 g/mol. The van der Waals surface area contributed by atoms with E-state index < -0.39 is 0 Å². The van der Waals surface area contributed by atoms with Crippen LogP contribution in [0.2, 0.25) is 0 Å². The molecule has 5 aromatic heterocycles. The quantitative estimate of drug-likeness (QED) is 0.0921. The first-order chi connectivity index (χ1) is 58.9. The lowest BCUT2D eigenvalue weighted by Gasteiger charge is -2.15. The van der Waals surface area contributed by atoms with Gasteiger partial charge in [0.05, 0.1) is 55.2 Å². The van der Waals surface area contributed by atoms with Crippen molar-refractivity contribution in [3.63, 3.8) is 0 Å². The standard InChI is InChI=1S/C114H79N5/c1-3-25-98-90(17-1)91-18-2-4-26-99(91)114(98)84-49-33-74(34-50-84)66-80-45-61-110-100(70-80)101-71-81(67-77-39-55-85(56-40-77)115-104-27-11-5-19-92(104)93-20-6-12-28-105(93)115)46-62-111(101)118(110)88-51-35-75(36-52-88)65-76-37-53-89(54-38-76)119-112-63-47-82(68-78-41-57-86(58-42-78)116-106-29-13-7-21-94(106)95-22-8-14-30-107(95)116)72-102(112)103-73-83(48-64-113(103)119)69-79-43-59-87(60-44-79)117-108-31-15-9-23-96(108)97-24-10-16-32-109(97)117/h1-64,70-73,114H,65-69H2. The van der Waals surface area contributed by atoms with E-state index in [1.165, 1.54) is 210 Å². The van der Waals surface area contributed by atoms with Crippen LogP contribution in [0.15, 0.2) is 413 Å². The first-order valence-corrected chi connectivity index (χ1v) is 41.8. The summed E-state index contributed by atoms with van der Waals surface area (Å²) in [5.74, 6) is 0.224. The average Bonchev–Trinajstić information content (AvgIpc) is 1.56. The van der Waals surface area contributed by atoms with Gasteiger partial charge in [0.2, 0.25) is 0 Å². The molecule has 560 valence electrons. The van der Waals surface area contributed by atoms with Crippen molar-refractivity contribution in [2.24, 2.45) is 0 Å². The lowest BCUT2D eigenvalue weighted by atomic mass is 9.88. The highest BCUT2D eigenvalue weighted by atomic mass is 15.0. The largest absolute Gasteiger partial charge is 0.309 e. The minimum absolute atomic E-state index is 0.224. The first kappa shape index (κ1) is 68.4. The maximum Gasteiger partial charge on any atom is 0.0541 e. The Morgan fingerprint density at radius 2 is 0.336 bits per heavy atom. The molecule has 0 saturated carbocycles. The number of hydrogen-bond acceptors (Lipinski definition) is 0. The van der Waals surface area contributed by atoms with E-state index in [9.17, 15) is 0 Å². The molecule has 23 aromatic rings. The molecule has 0 fully saturated rings. The average molecular weight is 1520 g/mol. The Hall–Kier alpha value is -15.0. The number of hydrogen-bond donors (Lipinski definition) is 0. The lowest BCUT2D eigenvalue weighted by Crippen LogP contribution is -1.99. The Bertz CT molecular complexity index is 7540. The van der Waals surface area contributed by atoms with Crippen LogP contribution < -0.4 is 0 Å². The van der Waals surface area contributed by atoms with Gasteiger partial charge in [0, 0.05) is 88.2 Å². The Morgan fingerprint density at radius 1 is 0.151 bits per heavy atom. The zero-order valence-electron chi connectivity index (χ0n) is 65.6. The van der Waals surface area contributed by atoms with Crippen molar-refractivity contribution in [2.75, 3.05) is 0 Å². The molecule has 5 nitrogen and oxygen atoms in total. The number of nitrogens with zero attached hydrogens (tertiary/aromatic N) is 5. The minimum atomic E-state index is 0.224. The molecule has 1 aliphatic carbocycles. The fourth-order valence-corrected chi connectivity index (χ4v) is 20.2. The predicted molar refractivity (Wildman–Crippen MR) is 497 cm³/mol. The van der Waals surface area contributed by atoms with E-state index in [1.807, 2.05) is 0 Å². The fourth-order valence-electron chi connectivity index (χ4n) is 20.2. The zero-order chi connectivity index (χ0) is 78.2. The van der Waals surface area contributed by atoms with Crippen LogP contribution in [0, 0.1) is 0 Å². The molecule has 0 radical (unpaired) electrons. The minimum Gasteiger partial charge on any atom is -0.309 e. The monoisotopic (exact) mass is 1520 g/mol. The maximum atomic E-state index is 2.48. The van der Waals surface area contributed by atoms with Gasteiger partial charge in [-0.3, -0.25) is 0 Å². The van der Waals surface area contributed by atoms with Crippen molar-refractivity contribution in [3.05, 3.63) is 485 Å². The second-order valence-corrected chi connectivity index (χ2v) is 32.8. The molecule has 0 unspecified atom stereocenters. The van der Waals surface area contributed by atoms with Gasteiger partial charge in [-0.25, -0.2) is 0 Å². The smallest absolute Gasteiger partial charge is 0.0541 e. The van der Waals surface area contributed by atoms with Gasteiger partial charge in [0.15, 0.2) is 0 Å². The summed E-state index contributed by atoms with van der Waals surface area (Å²) in [6.07, 6.45) is 4.10. The number of aromatic nitrogens is 5. The van der Waals surface area contributed by atoms with Crippen LogP contribution in [0.1, 0.15) is 78.2 Å². The molecule has 0 spiro atoms. The van der Waals surface area contributed by atoms with Crippen LogP contribution >= 0.6 is 0 Å². The molecule has 24 rings (SSSR count). The van der Waals surface area contributed by atoms with Gasteiger partial charge in [-0.05, 0) is 261 Å². The van der Waals surface area contributed by atoms with E-state index in [4.69, 9.17) is 0 Å². The molecule has 0 saturated heterocycles. The van der Waals surface area contributed by atoms with Crippen molar-refractivity contribution >= 4 is 109 Å². The van der Waals surface area contributed by atoms with E-state index in [0.717, 1.165) is 43.5 Å². The van der Waals surface area contributed by atoms with Crippen molar-refractivity contribution in [1.29, 1.82) is 0 Å². The van der Waals surface area contributed by atoms with Crippen LogP contribution in [0.3, 0.4) is 0 Å². The molecule has 5 heterocycles. The van der Waals surface area contributed by atoms with Gasteiger partial charge in [0.25, 0.3) is 0 Å². The molecular formula is C114H79N5. The van der Waals surface area contributed by atoms with Crippen molar-refractivity contribution in [1.82, 2.24) is 22.8 Å². The molecule has 5 heteroatoms. The first-order valence-electron chi connectivity index (χ1n) is 41.8. The number of benzene rings is 18. The summed E-state index contributed by atoms with van der Waals surface area (Å²) < 4.78 is 12.2. The second-order valence-electron chi connectivity index (χ2n) is 32.8. The van der Waals surface area contributed by atoms with E-state index in [2.05, 4.69) is 435 Å². The summed E-state index contributed by atoms with van der Waals surface area (Å²) in [7, 11) is 0. The SMILES string of the molecule is c1ccc2c(c1)-c1ccccc1C2c1ccc(Cc2ccc3c(c2)c2cc(Cc4ccc(-n5c6ccccc6c6ccccc65)cc4)ccc2n3-c2ccc(Cc3ccc(-n4c5ccc(Cc6ccc(-n7c8ccccc8c8ccccc87)cc6)cc5c5cc(Cc6ccc(-n7c8ccccc8c8ccccc87)cc6)ccc54)cc3)cc2)cc1. The second kappa shape index (κ2) is 27.9. The van der Waals surface area contributed by atoms with Crippen molar-refractivity contribution in [3.8, 4) is 39.6 Å². The predicted octanol–water partition coefficient (Wildman–Crippen LogP) is 28.3. The third-order valence-corrected chi connectivity index (χ3v) is 25.7. The summed E-state index contributed by atoms with van der Waals surface area (Å²) in [5.41, 5.74) is 37.6. The highest BCUT2D eigenvalue weighted by Gasteiger charge is 2.30. The maximum absolute atomic E-state index is 2.48. The molecule has 119 heavy (non-hydrogen) atoms. The van der Waals surface area contributed by atoms with E-state index in [0.29, 0.717) is 0 Å². The molecule has 1 aliphatic rings. The zero-order valence-corrected chi connectivity index (χ0v) is 65.6. The van der Waals surface area contributed by atoms with Crippen LogP contribution in [-0.2, 0) is 32.1 Å². The van der Waals surface area contributed by atoms with Crippen LogP contribution in [0.4, 0.5) is 0 Å². The fraction of sp³-hybridized carbons (Fsp3) is 0.0526. The van der Waals surface area contributed by atoms with Crippen molar-refractivity contribution < 1.29 is 0 Å². The van der Waals surface area contributed by atoms with Crippen LogP contribution in [0.25, 0.3) is 149 Å². The molecule has 0 atom stereocenters. The van der Waals surface area contributed by atoms with Crippen LogP contribution in [-0.4, -0.2) is 22.8 Å². The van der Waals surface area contributed by atoms with Gasteiger partial charge < -0.3 is 22.8 Å². The molecule has 18 aromatic carbocycles. The molecule has 0 bridgehead atoms. The lowest BCUT2D eigenvalue weighted by molar-refractivity contribution is 1.01. The van der Waals surface area contributed by atoms with E-state index in [1.54, 1.807) is 0 Å². The number of para-hydroxylation sites is 6. The van der Waals surface area contributed by atoms with E-state index >= 15 is 0 Å². The van der Waals surface area contributed by atoms with Gasteiger partial charge in [-0.2, -0.15) is 0 Å². The topological polar surface area (TPSA) is 24.6 Å². The summed E-state index contributed by atoms with van der Waals surface area (Å²) in [4.78, 5) is 0. The van der Waals surface area contributed by atoms with Crippen LogP contribution in [0.5, 0.6) is 0 Å². The summed E-state index contributed by atoms with van der Waals surface area (Å²) in [6, 6.07) is 155. The highest BCUT2D eigenvalue weighted by Crippen LogP contribution is 2.49. The molecule has 0 aliphatic heterocycles. The summed E-state index contributed by atoms with van der Waals surface area (Å²) >= 11 is 0. The third-order valence-electron chi connectivity index (χ3n) is 25.7. The van der Waals surface area contributed by atoms with Gasteiger partial charge >= 0.3 is 0 Å². The van der Waals surface area contributed by atoms with Gasteiger partial charge in [0.1, 0.15) is 0 Å². The molecule has 0 N–H and O–H groups in total. The Balaban J connectivity index is 0.537. The third kappa shape index (κ3) is 11.6. The Labute approximate surface area is 689 Å². The van der Waals surface area contributed by atoms with Gasteiger partial charge in [-0.1, -0.05) is 267 Å². The summed E-state index contributed by atoms with van der Waals surface area (Å²) in [6.45, 7) is 0. The Kier molecular flexibility index (Phi) is 16.0. The van der Waals surface area contributed by atoms with Crippen molar-refractivity contribution in [2.45, 2.75) is 38.0 Å². The van der Waals surface area contributed by atoms with Gasteiger partial charge in [-0.15, -0.1) is 0 Å². The number of rotatable bonds is 16. The highest BCUT2D eigenvalue weighted by molar-refractivity contribution is 6.14. The van der Waals surface area contributed by atoms with E-state index in [-0.39, 0.29) is 5.92 Å². The Morgan fingerprint density at radius 3 is 0.580 bits per heavy atom. The normalized spacial score (nSPS) is 12.3.